The minimum atomic E-state index is -3.84. The Morgan fingerprint density at radius 3 is 2.32 bits per heavy atom. The van der Waals surface area contributed by atoms with Crippen LogP contribution in [0.5, 0.6) is 11.5 Å². The largest absolute Gasteiger partial charge is 0.493 e. The number of fused-ring (bicyclic) bond motifs is 1. The van der Waals surface area contributed by atoms with E-state index in [9.17, 15) is 13.2 Å². The average Bonchev–Trinajstić information content (AvgIpc) is 2.78. The number of benzene rings is 3. The number of rotatable bonds is 6. The van der Waals surface area contributed by atoms with Gasteiger partial charge >= 0.3 is 0 Å². The Morgan fingerprint density at radius 1 is 0.935 bits per heavy atom. The van der Waals surface area contributed by atoms with Crippen molar-refractivity contribution < 1.29 is 22.7 Å². The summed E-state index contributed by atoms with van der Waals surface area (Å²) in [4.78, 5) is 13.0. The normalized spacial score (nSPS) is 14.2. The highest BCUT2D eigenvalue weighted by molar-refractivity contribution is 7.89. The van der Waals surface area contributed by atoms with Crippen molar-refractivity contribution >= 4 is 15.8 Å². The molecule has 0 radical (unpaired) electrons. The van der Waals surface area contributed by atoms with Crippen LogP contribution in [0.15, 0.2) is 71.6 Å². The van der Waals surface area contributed by atoms with Gasteiger partial charge in [-0.1, -0.05) is 48.0 Å². The molecule has 0 atom stereocenters. The Morgan fingerprint density at radius 2 is 1.65 bits per heavy atom. The molecular weight excluding hydrogens is 414 g/mol. The van der Waals surface area contributed by atoms with Crippen molar-refractivity contribution in [2.75, 3.05) is 13.7 Å². The molecule has 0 bridgehead atoms. The maximum atomic E-state index is 13.2. The van der Waals surface area contributed by atoms with Gasteiger partial charge in [0.25, 0.3) is 0 Å². The molecular formula is C24H23NO5S. The van der Waals surface area contributed by atoms with Crippen molar-refractivity contribution in [3.63, 3.8) is 0 Å². The fourth-order valence-corrected chi connectivity index (χ4v) is 4.94. The molecule has 6 nitrogen and oxygen atoms in total. The predicted octanol–water partition coefficient (Wildman–Crippen LogP) is 3.97. The van der Waals surface area contributed by atoms with E-state index in [1.807, 2.05) is 37.3 Å². The highest BCUT2D eigenvalue weighted by Gasteiger charge is 2.35. The van der Waals surface area contributed by atoms with Crippen LogP contribution in [0.1, 0.15) is 27.0 Å². The summed E-state index contributed by atoms with van der Waals surface area (Å²) in [6.07, 6.45) is 0. The van der Waals surface area contributed by atoms with Crippen LogP contribution < -0.4 is 9.47 Å². The lowest BCUT2D eigenvalue weighted by atomic mass is 9.98. The van der Waals surface area contributed by atoms with Crippen molar-refractivity contribution in [1.82, 2.24) is 4.31 Å². The van der Waals surface area contributed by atoms with Crippen LogP contribution >= 0.6 is 0 Å². The molecule has 7 heteroatoms. The van der Waals surface area contributed by atoms with Gasteiger partial charge in [-0.2, -0.15) is 4.31 Å². The van der Waals surface area contributed by atoms with Gasteiger partial charge < -0.3 is 9.47 Å². The van der Waals surface area contributed by atoms with Crippen molar-refractivity contribution in [1.29, 1.82) is 0 Å². The minimum Gasteiger partial charge on any atom is -0.493 e. The number of carbonyl (C=O) groups is 1. The second-order valence-electron chi connectivity index (χ2n) is 7.41. The molecule has 0 saturated carbocycles. The van der Waals surface area contributed by atoms with E-state index < -0.39 is 10.0 Å². The summed E-state index contributed by atoms with van der Waals surface area (Å²) < 4.78 is 39.1. The van der Waals surface area contributed by atoms with Gasteiger partial charge in [-0.15, -0.1) is 0 Å². The van der Waals surface area contributed by atoms with Gasteiger partial charge in [-0.3, -0.25) is 4.79 Å². The number of methoxy groups -OCH3 is 1. The Kier molecular flexibility index (Phi) is 5.80. The fraction of sp³-hybridized carbons (Fsp3) is 0.208. The smallest absolute Gasteiger partial charge is 0.243 e. The van der Waals surface area contributed by atoms with Crippen LogP contribution in [0, 0.1) is 6.92 Å². The predicted molar refractivity (Wildman–Crippen MR) is 117 cm³/mol. The Hall–Kier alpha value is -3.16. The van der Waals surface area contributed by atoms with Crippen molar-refractivity contribution in [3.05, 3.63) is 89.0 Å². The lowest BCUT2D eigenvalue weighted by Crippen LogP contribution is -2.39. The highest BCUT2D eigenvalue weighted by atomic mass is 32.2. The minimum absolute atomic E-state index is 0.0264. The fourth-order valence-electron chi connectivity index (χ4n) is 3.58. The number of aryl methyl sites for hydroxylation is 1. The summed E-state index contributed by atoms with van der Waals surface area (Å²) in [6, 6.07) is 19.6. The summed E-state index contributed by atoms with van der Waals surface area (Å²) in [5.41, 5.74) is 2.88. The first-order valence-electron chi connectivity index (χ1n) is 9.87. The summed E-state index contributed by atoms with van der Waals surface area (Å²) in [5, 5.41) is 0. The number of ketones is 1. The van der Waals surface area contributed by atoms with Crippen LogP contribution in [0.3, 0.4) is 0 Å². The monoisotopic (exact) mass is 437 g/mol. The molecule has 3 aromatic carbocycles. The first kappa shape index (κ1) is 21.1. The van der Waals surface area contributed by atoms with Crippen LogP contribution in [-0.4, -0.2) is 32.2 Å². The number of Topliss-reactive ketones (excluding diaryl/α,β-unsaturated/α-hetero) is 1. The second kappa shape index (κ2) is 8.53. The van der Waals surface area contributed by atoms with Gasteiger partial charge in [0.2, 0.25) is 10.0 Å². The van der Waals surface area contributed by atoms with Crippen molar-refractivity contribution in [2.24, 2.45) is 0 Å². The lowest BCUT2D eigenvalue weighted by molar-refractivity contribution is 0.0947. The van der Waals surface area contributed by atoms with Gasteiger partial charge in [0.1, 0.15) is 6.61 Å². The number of sulfonamides is 1. The number of ether oxygens (including phenoxy) is 2. The average molecular weight is 438 g/mol. The molecule has 4 rings (SSSR count). The van der Waals surface area contributed by atoms with Crippen LogP contribution in [0.4, 0.5) is 0 Å². The van der Waals surface area contributed by atoms with Gasteiger partial charge in [0, 0.05) is 17.7 Å². The summed E-state index contributed by atoms with van der Waals surface area (Å²) in [6.45, 7) is 1.97. The third-order valence-corrected chi connectivity index (χ3v) is 7.09. The van der Waals surface area contributed by atoms with Gasteiger partial charge in [-0.05, 0) is 36.8 Å². The lowest BCUT2D eigenvalue weighted by Gasteiger charge is -2.29. The van der Waals surface area contributed by atoms with E-state index in [4.69, 9.17) is 9.47 Å². The summed E-state index contributed by atoms with van der Waals surface area (Å²) in [5.74, 6) is 0.572. The first-order valence-corrected chi connectivity index (χ1v) is 11.3. The van der Waals surface area contributed by atoms with Crippen molar-refractivity contribution in [3.8, 4) is 11.5 Å². The first-order chi connectivity index (χ1) is 14.9. The molecule has 0 aliphatic carbocycles. The van der Waals surface area contributed by atoms with Gasteiger partial charge in [0.05, 0.1) is 18.6 Å². The molecule has 0 fully saturated rings. The van der Waals surface area contributed by atoms with Gasteiger partial charge in [-0.25, -0.2) is 8.42 Å². The molecule has 1 aliphatic rings. The maximum Gasteiger partial charge on any atom is 0.243 e. The van der Waals surface area contributed by atoms with Crippen molar-refractivity contribution in [2.45, 2.75) is 25.0 Å². The zero-order valence-electron chi connectivity index (χ0n) is 17.4. The van der Waals surface area contributed by atoms with E-state index in [0.717, 1.165) is 11.1 Å². The van der Waals surface area contributed by atoms with E-state index in [1.54, 1.807) is 36.4 Å². The topological polar surface area (TPSA) is 72.9 Å². The quantitative estimate of drug-likeness (QED) is 0.584. The van der Waals surface area contributed by atoms with Crippen LogP contribution in [-0.2, 0) is 23.2 Å². The van der Waals surface area contributed by atoms with Gasteiger partial charge in [0.15, 0.2) is 17.3 Å². The van der Waals surface area contributed by atoms with Crippen LogP contribution in [0.25, 0.3) is 0 Å². The number of hydrogen-bond donors (Lipinski definition) is 0. The molecule has 0 unspecified atom stereocenters. The molecule has 0 saturated heterocycles. The zero-order chi connectivity index (χ0) is 22.0. The molecule has 160 valence electrons. The number of hydrogen-bond acceptors (Lipinski definition) is 5. The van der Waals surface area contributed by atoms with Crippen LogP contribution in [0.2, 0.25) is 0 Å². The number of nitrogens with zero attached hydrogens (tertiary/aromatic N) is 1. The SMILES string of the molecule is COc1ccc2c(c1OCc1ccccc1)CN(S(=O)(=O)c1ccc(C)cc1)CC2=O. The van der Waals surface area contributed by atoms with E-state index in [2.05, 4.69) is 0 Å². The summed E-state index contributed by atoms with van der Waals surface area (Å²) >= 11 is 0. The van der Waals surface area contributed by atoms with E-state index in [0.29, 0.717) is 22.6 Å². The molecule has 31 heavy (non-hydrogen) atoms. The molecule has 1 heterocycles. The third-order valence-electron chi connectivity index (χ3n) is 5.28. The second-order valence-corrected chi connectivity index (χ2v) is 9.34. The van der Waals surface area contributed by atoms with E-state index in [1.165, 1.54) is 11.4 Å². The molecule has 1 aliphatic heterocycles. The maximum absolute atomic E-state index is 13.2. The summed E-state index contributed by atoms with van der Waals surface area (Å²) in [7, 11) is -2.33. The molecule has 0 N–H and O–H groups in total. The molecule has 0 aromatic heterocycles. The standard InChI is InChI=1S/C24H23NO5S/c1-17-8-10-19(11-9-17)31(27,28)25-14-21-20(22(26)15-25)12-13-23(29-2)24(21)30-16-18-6-4-3-5-7-18/h3-13H,14-16H2,1-2H3. The third kappa shape index (κ3) is 4.19. The highest BCUT2D eigenvalue weighted by Crippen LogP contribution is 2.38. The number of carbonyl (C=O) groups excluding carboxylic acids is 1. The molecule has 0 amide bonds. The van der Waals surface area contributed by atoms with E-state index >= 15 is 0 Å². The Labute approximate surface area is 182 Å². The van der Waals surface area contributed by atoms with E-state index in [-0.39, 0.29) is 30.4 Å². The zero-order valence-corrected chi connectivity index (χ0v) is 18.2. The molecule has 0 spiro atoms. The Bertz CT molecular complexity index is 1200. The Balaban J connectivity index is 1.70. The molecule has 3 aromatic rings.